The van der Waals surface area contributed by atoms with E-state index in [9.17, 15) is 4.79 Å². The van der Waals surface area contributed by atoms with Gasteiger partial charge < -0.3 is 4.90 Å². The van der Waals surface area contributed by atoms with Crippen LogP contribution in [0.3, 0.4) is 0 Å². The molecule has 0 unspecified atom stereocenters. The molecule has 6 nitrogen and oxygen atoms in total. The van der Waals surface area contributed by atoms with Crippen LogP contribution in [-0.2, 0) is 0 Å². The number of aromatic nitrogens is 4. The molecule has 1 saturated heterocycles. The van der Waals surface area contributed by atoms with Crippen molar-refractivity contribution in [1.82, 2.24) is 24.6 Å². The maximum Gasteiger partial charge on any atom is 0.265 e. The monoisotopic (exact) mass is 319 g/mol. The molecule has 1 aliphatic rings. The van der Waals surface area contributed by atoms with Gasteiger partial charge in [0.05, 0.1) is 16.7 Å². The predicted octanol–water partition coefficient (Wildman–Crippen LogP) is 2.45. The zero-order chi connectivity index (χ0) is 15.9. The number of piperidine rings is 1. The van der Waals surface area contributed by atoms with Crippen molar-refractivity contribution in [3.8, 4) is 0 Å². The molecule has 0 saturated carbocycles. The molecular weight excluding hydrogens is 298 g/mol. The zero-order valence-electron chi connectivity index (χ0n) is 13.5. The molecule has 2 aromatic rings. The first-order valence-corrected chi connectivity index (χ1v) is 8.40. The molecule has 1 aliphatic heterocycles. The van der Waals surface area contributed by atoms with E-state index in [1.54, 1.807) is 0 Å². The lowest BCUT2D eigenvalue weighted by Gasteiger charge is -2.32. The van der Waals surface area contributed by atoms with Crippen molar-refractivity contribution in [2.45, 2.75) is 46.6 Å². The van der Waals surface area contributed by atoms with Gasteiger partial charge in [-0.2, -0.15) is 5.10 Å². The van der Waals surface area contributed by atoms with Crippen LogP contribution >= 0.6 is 11.3 Å². The third-order valence-corrected chi connectivity index (χ3v) is 5.10. The second kappa shape index (κ2) is 5.79. The van der Waals surface area contributed by atoms with Crippen molar-refractivity contribution >= 4 is 17.2 Å². The van der Waals surface area contributed by atoms with E-state index in [1.807, 2.05) is 37.3 Å². The number of rotatable bonds is 2. The standard InChI is InChI=1S/C15H21N5OS/c1-9-14(22-12(4)16-9)15(21)19-7-5-6-13(8-19)20-11(3)17-10(2)18-20/h13H,5-8H2,1-4H3/t13-/m1/s1. The molecule has 1 atom stereocenters. The minimum Gasteiger partial charge on any atom is -0.336 e. The van der Waals surface area contributed by atoms with Crippen molar-refractivity contribution < 1.29 is 4.79 Å². The fourth-order valence-corrected chi connectivity index (χ4v) is 3.98. The van der Waals surface area contributed by atoms with Crippen molar-refractivity contribution in [3.63, 3.8) is 0 Å². The Kier molecular flexibility index (Phi) is 3.99. The average Bonchev–Trinajstić information content (AvgIpc) is 2.99. The molecule has 7 heteroatoms. The SMILES string of the molecule is Cc1nc(C)n([C@@H]2CCCN(C(=O)c3sc(C)nc3C)C2)n1. The molecule has 2 aromatic heterocycles. The van der Waals surface area contributed by atoms with Gasteiger partial charge in [0.2, 0.25) is 0 Å². The van der Waals surface area contributed by atoms with Crippen molar-refractivity contribution in [1.29, 1.82) is 0 Å². The van der Waals surface area contributed by atoms with Gasteiger partial charge in [0.15, 0.2) is 0 Å². The van der Waals surface area contributed by atoms with Gasteiger partial charge in [-0.25, -0.2) is 14.6 Å². The van der Waals surface area contributed by atoms with Crippen LogP contribution in [-0.4, -0.2) is 43.6 Å². The fourth-order valence-electron chi connectivity index (χ4n) is 3.09. The summed E-state index contributed by atoms with van der Waals surface area (Å²) >= 11 is 1.48. The first kappa shape index (κ1) is 15.1. The highest BCUT2D eigenvalue weighted by Crippen LogP contribution is 2.26. The van der Waals surface area contributed by atoms with Crippen LogP contribution in [0, 0.1) is 27.7 Å². The molecule has 0 aliphatic carbocycles. The Hall–Kier alpha value is -1.76. The van der Waals surface area contributed by atoms with Crippen LogP contribution < -0.4 is 0 Å². The van der Waals surface area contributed by atoms with Crippen LogP contribution in [0.1, 0.15) is 50.9 Å². The van der Waals surface area contributed by atoms with E-state index < -0.39 is 0 Å². The second-order valence-corrected chi connectivity index (χ2v) is 7.05. The van der Waals surface area contributed by atoms with Gasteiger partial charge in [-0.3, -0.25) is 4.79 Å². The first-order valence-electron chi connectivity index (χ1n) is 7.58. The third kappa shape index (κ3) is 2.77. The molecule has 0 N–H and O–H groups in total. The van der Waals surface area contributed by atoms with Crippen LogP contribution in [0.2, 0.25) is 0 Å². The number of hydrogen-bond donors (Lipinski definition) is 0. The highest BCUT2D eigenvalue weighted by Gasteiger charge is 2.28. The molecule has 0 radical (unpaired) electrons. The lowest BCUT2D eigenvalue weighted by atomic mass is 10.1. The molecule has 0 spiro atoms. The predicted molar refractivity (Wildman–Crippen MR) is 85.3 cm³/mol. The minimum atomic E-state index is 0.0993. The van der Waals surface area contributed by atoms with Gasteiger partial charge in [0, 0.05) is 13.1 Å². The summed E-state index contributed by atoms with van der Waals surface area (Å²) in [5.74, 6) is 1.80. The van der Waals surface area contributed by atoms with Crippen LogP contribution in [0.5, 0.6) is 0 Å². The van der Waals surface area contributed by atoms with E-state index in [0.29, 0.717) is 6.54 Å². The van der Waals surface area contributed by atoms with E-state index in [-0.39, 0.29) is 11.9 Å². The number of carbonyl (C=O) groups is 1. The first-order chi connectivity index (χ1) is 10.5. The Labute approximate surface area is 134 Å². The Balaban J connectivity index is 1.80. The number of aryl methyl sites for hydroxylation is 4. The summed E-state index contributed by atoms with van der Waals surface area (Å²) in [5.41, 5.74) is 0.836. The lowest BCUT2D eigenvalue weighted by molar-refractivity contribution is 0.0675. The summed E-state index contributed by atoms with van der Waals surface area (Å²) in [7, 11) is 0. The van der Waals surface area contributed by atoms with Gasteiger partial charge in [-0.15, -0.1) is 11.3 Å². The van der Waals surface area contributed by atoms with E-state index in [0.717, 1.165) is 46.6 Å². The quantitative estimate of drug-likeness (QED) is 0.853. The number of likely N-dealkylation sites (tertiary alicyclic amines) is 1. The number of nitrogens with zero attached hydrogens (tertiary/aromatic N) is 5. The van der Waals surface area contributed by atoms with Crippen molar-refractivity contribution in [2.75, 3.05) is 13.1 Å². The molecule has 1 fully saturated rings. The molecule has 3 heterocycles. The van der Waals surface area contributed by atoms with Crippen LogP contribution in [0.25, 0.3) is 0 Å². The minimum absolute atomic E-state index is 0.0993. The maximum absolute atomic E-state index is 12.8. The van der Waals surface area contributed by atoms with Gasteiger partial charge in [-0.05, 0) is 40.5 Å². The molecule has 0 bridgehead atoms. The van der Waals surface area contributed by atoms with Gasteiger partial charge in [0.25, 0.3) is 5.91 Å². The molecule has 22 heavy (non-hydrogen) atoms. The van der Waals surface area contributed by atoms with Gasteiger partial charge in [0.1, 0.15) is 16.5 Å². The number of hydrogen-bond acceptors (Lipinski definition) is 5. The molecule has 118 valence electrons. The van der Waals surface area contributed by atoms with Crippen molar-refractivity contribution in [3.05, 3.63) is 27.2 Å². The average molecular weight is 319 g/mol. The summed E-state index contributed by atoms with van der Waals surface area (Å²) in [4.78, 5) is 24.2. The van der Waals surface area contributed by atoms with E-state index in [2.05, 4.69) is 15.1 Å². The smallest absolute Gasteiger partial charge is 0.265 e. The number of thiazole rings is 1. The Morgan fingerprint density at radius 3 is 2.59 bits per heavy atom. The van der Waals surface area contributed by atoms with E-state index in [4.69, 9.17) is 0 Å². The second-order valence-electron chi connectivity index (χ2n) is 5.85. The summed E-state index contributed by atoms with van der Waals surface area (Å²) in [6, 6.07) is 0.216. The zero-order valence-corrected chi connectivity index (χ0v) is 14.3. The van der Waals surface area contributed by atoms with Gasteiger partial charge >= 0.3 is 0 Å². The normalized spacial score (nSPS) is 18.7. The summed E-state index contributed by atoms with van der Waals surface area (Å²) in [6.45, 7) is 9.21. The summed E-state index contributed by atoms with van der Waals surface area (Å²) < 4.78 is 1.97. The van der Waals surface area contributed by atoms with Crippen LogP contribution in [0.15, 0.2) is 0 Å². The fraction of sp³-hybridized carbons (Fsp3) is 0.600. The van der Waals surface area contributed by atoms with Crippen molar-refractivity contribution in [2.24, 2.45) is 0 Å². The number of carbonyl (C=O) groups excluding carboxylic acids is 1. The highest BCUT2D eigenvalue weighted by atomic mass is 32.1. The topological polar surface area (TPSA) is 63.9 Å². The summed E-state index contributed by atoms with van der Waals surface area (Å²) in [5, 5.41) is 5.42. The summed E-state index contributed by atoms with van der Waals surface area (Å²) in [6.07, 6.45) is 2.03. The van der Waals surface area contributed by atoms with Gasteiger partial charge in [-0.1, -0.05) is 0 Å². The lowest BCUT2D eigenvalue weighted by Crippen LogP contribution is -2.41. The highest BCUT2D eigenvalue weighted by molar-refractivity contribution is 7.13. The third-order valence-electron chi connectivity index (χ3n) is 4.03. The molecule has 0 aromatic carbocycles. The number of amides is 1. The Morgan fingerprint density at radius 1 is 1.23 bits per heavy atom. The van der Waals surface area contributed by atoms with E-state index in [1.165, 1.54) is 11.3 Å². The largest absolute Gasteiger partial charge is 0.336 e. The Morgan fingerprint density at radius 2 is 2.00 bits per heavy atom. The molecule has 1 amide bonds. The maximum atomic E-state index is 12.8. The molecule has 3 rings (SSSR count). The van der Waals surface area contributed by atoms with Crippen LogP contribution in [0.4, 0.5) is 0 Å². The van der Waals surface area contributed by atoms with E-state index >= 15 is 0 Å². The Bertz CT molecular complexity index is 705. The molecular formula is C15H21N5OS.